The van der Waals surface area contributed by atoms with Crippen molar-refractivity contribution in [3.05, 3.63) is 0 Å². The Bertz CT molecular complexity index is 165. The minimum atomic E-state index is -3.37. The summed E-state index contributed by atoms with van der Waals surface area (Å²) in [7, 11) is -3.37. The Morgan fingerprint density at radius 3 is 2.30 bits per heavy atom. The van der Waals surface area contributed by atoms with E-state index in [0.29, 0.717) is 13.2 Å². The maximum Gasteiger partial charge on any atom is 0.211 e. The van der Waals surface area contributed by atoms with E-state index in [1.807, 2.05) is 0 Å². The molecule has 0 radical (unpaired) electrons. The van der Waals surface area contributed by atoms with Crippen molar-refractivity contribution in [3.8, 4) is 0 Å². The van der Waals surface area contributed by atoms with Crippen molar-refractivity contribution in [3.63, 3.8) is 0 Å². The van der Waals surface area contributed by atoms with E-state index >= 15 is 0 Å². The number of hydrogen-bond donors (Lipinski definition) is 2. The maximum absolute atomic E-state index is 10.3. The molecule has 0 atom stereocenters. The summed E-state index contributed by atoms with van der Waals surface area (Å²) in [5.41, 5.74) is 5.07. The standard InChI is InChI=1S/C4H12N2O3S/c5-1-2-9-3-4-10(6,7)8/h1-5H2,(H2,6,7,8). The van der Waals surface area contributed by atoms with Crippen LogP contribution in [0.25, 0.3) is 0 Å². The summed E-state index contributed by atoms with van der Waals surface area (Å²) in [6.45, 7) is 0.885. The third-order valence-electron chi connectivity index (χ3n) is 0.774. The molecule has 0 aliphatic rings. The van der Waals surface area contributed by atoms with Crippen molar-refractivity contribution in [2.24, 2.45) is 10.9 Å². The van der Waals surface area contributed by atoms with Gasteiger partial charge in [-0.3, -0.25) is 0 Å². The van der Waals surface area contributed by atoms with Gasteiger partial charge in [-0.05, 0) is 0 Å². The van der Waals surface area contributed by atoms with E-state index in [1.54, 1.807) is 0 Å². The number of sulfonamides is 1. The Labute approximate surface area is 60.4 Å². The predicted molar refractivity (Wildman–Crippen MR) is 37.8 cm³/mol. The van der Waals surface area contributed by atoms with Gasteiger partial charge in [0.25, 0.3) is 0 Å². The highest BCUT2D eigenvalue weighted by atomic mass is 32.2. The smallest absolute Gasteiger partial charge is 0.211 e. The van der Waals surface area contributed by atoms with Gasteiger partial charge in [0.15, 0.2) is 0 Å². The average Bonchev–Trinajstić information content (AvgIpc) is 1.78. The predicted octanol–water partition coefficient (Wildman–Crippen LogP) is -1.75. The van der Waals surface area contributed by atoms with Crippen molar-refractivity contribution in [1.29, 1.82) is 0 Å². The monoisotopic (exact) mass is 168 g/mol. The molecule has 0 fully saturated rings. The van der Waals surface area contributed by atoms with Crippen LogP contribution in [0.1, 0.15) is 0 Å². The Hall–Kier alpha value is -0.170. The molecule has 0 saturated carbocycles. The van der Waals surface area contributed by atoms with E-state index in [0.717, 1.165) is 0 Å². The van der Waals surface area contributed by atoms with Crippen molar-refractivity contribution < 1.29 is 13.2 Å². The van der Waals surface area contributed by atoms with Gasteiger partial charge in [-0.15, -0.1) is 0 Å². The first kappa shape index (κ1) is 9.83. The molecule has 0 amide bonds. The zero-order valence-corrected chi connectivity index (χ0v) is 6.43. The van der Waals surface area contributed by atoms with Gasteiger partial charge in [-0.2, -0.15) is 0 Å². The first-order valence-corrected chi connectivity index (χ1v) is 4.56. The quantitative estimate of drug-likeness (QED) is 0.476. The highest BCUT2D eigenvalue weighted by Crippen LogP contribution is 1.78. The Balaban J connectivity index is 3.21. The normalized spacial score (nSPS) is 11.8. The number of nitrogens with two attached hydrogens (primary N) is 2. The molecule has 0 aromatic rings. The SMILES string of the molecule is NCCOCCS(N)(=O)=O. The van der Waals surface area contributed by atoms with Crippen LogP contribution in [-0.2, 0) is 14.8 Å². The molecule has 0 bridgehead atoms. The molecule has 4 N–H and O–H groups in total. The van der Waals surface area contributed by atoms with E-state index in [4.69, 9.17) is 10.5 Å². The zero-order chi connectivity index (χ0) is 8.04. The van der Waals surface area contributed by atoms with Crippen LogP contribution in [0, 0.1) is 0 Å². The van der Waals surface area contributed by atoms with E-state index < -0.39 is 10.0 Å². The lowest BCUT2D eigenvalue weighted by Crippen LogP contribution is -2.21. The molecule has 0 aromatic carbocycles. The second kappa shape index (κ2) is 4.62. The second-order valence-corrected chi connectivity index (χ2v) is 3.50. The van der Waals surface area contributed by atoms with E-state index in [1.165, 1.54) is 0 Å². The van der Waals surface area contributed by atoms with Crippen LogP contribution < -0.4 is 10.9 Å². The van der Waals surface area contributed by atoms with E-state index in [-0.39, 0.29) is 12.4 Å². The van der Waals surface area contributed by atoms with Gasteiger partial charge in [0.1, 0.15) is 0 Å². The van der Waals surface area contributed by atoms with E-state index in [2.05, 4.69) is 5.14 Å². The van der Waals surface area contributed by atoms with Gasteiger partial charge in [-0.1, -0.05) is 0 Å². The van der Waals surface area contributed by atoms with Gasteiger partial charge in [-0.25, -0.2) is 13.6 Å². The van der Waals surface area contributed by atoms with Crippen LogP contribution in [0.15, 0.2) is 0 Å². The maximum atomic E-state index is 10.3. The fourth-order valence-corrected chi connectivity index (χ4v) is 0.711. The molecular formula is C4H12N2O3S. The van der Waals surface area contributed by atoms with Crippen molar-refractivity contribution >= 4 is 10.0 Å². The second-order valence-electron chi connectivity index (χ2n) is 1.77. The third kappa shape index (κ3) is 7.83. The molecule has 0 spiro atoms. The number of primary sulfonamides is 1. The topological polar surface area (TPSA) is 95.4 Å². The summed E-state index contributed by atoms with van der Waals surface area (Å²) in [6.07, 6.45) is 0. The van der Waals surface area contributed by atoms with Crippen LogP contribution in [0.5, 0.6) is 0 Å². The van der Waals surface area contributed by atoms with Crippen LogP contribution in [0.4, 0.5) is 0 Å². The third-order valence-corrected chi connectivity index (χ3v) is 1.51. The molecular weight excluding hydrogens is 156 g/mol. The molecule has 0 aliphatic heterocycles. The van der Waals surface area contributed by atoms with Crippen LogP contribution in [-0.4, -0.2) is 33.9 Å². The summed E-state index contributed by atoms with van der Waals surface area (Å²) in [5.74, 6) is -0.146. The molecule has 10 heavy (non-hydrogen) atoms. The fourth-order valence-electron chi connectivity index (χ4n) is 0.360. The van der Waals surface area contributed by atoms with Gasteiger partial charge < -0.3 is 10.5 Å². The molecule has 62 valence electrons. The number of hydrogen-bond acceptors (Lipinski definition) is 4. The van der Waals surface area contributed by atoms with Crippen LogP contribution >= 0.6 is 0 Å². The molecule has 0 aliphatic carbocycles. The van der Waals surface area contributed by atoms with Gasteiger partial charge >= 0.3 is 0 Å². The highest BCUT2D eigenvalue weighted by Gasteiger charge is 2.00. The molecule has 0 heterocycles. The lowest BCUT2D eigenvalue weighted by Gasteiger charge is -1.99. The first-order valence-electron chi connectivity index (χ1n) is 2.84. The van der Waals surface area contributed by atoms with Gasteiger partial charge in [0.2, 0.25) is 10.0 Å². The summed E-state index contributed by atoms with van der Waals surface area (Å²) in [4.78, 5) is 0. The molecule has 0 rings (SSSR count). The summed E-state index contributed by atoms with van der Waals surface area (Å²) in [5, 5.41) is 4.68. The minimum absolute atomic E-state index is 0.121. The lowest BCUT2D eigenvalue weighted by molar-refractivity contribution is 0.157. The summed E-state index contributed by atoms with van der Waals surface area (Å²) >= 11 is 0. The summed E-state index contributed by atoms with van der Waals surface area (Å²) < 4.78 is 25.3. The highest BCUT2D eigenvalue weighted by molar-refractivity contribution is 7.89. The van der Waals surface area contributed by atoms with Crippen molar-refractivity contribution in [2.75, 3.05) is 25.5 Å². The Morgan fingerprint density at radius 1 is 1.30 bits per heavy atom. The molecule has 5 nitrogen and oxygen atoms in total. The molecule has 0 saturated heterocycles. The molecule has 0 aromatic heterocycles. The first-order chi connectivity index (χ1) is 4.56. The number of ether oxygens (including phenoxy) is 1. The number of rotatable bonds is 5. The Kier molecular flexibility index (Phi) is 4.54. The molecule has 0 unspecified atom stereocenters. The zero-order valence-electron chi connectivity index (χ0n) is 5.62. The largest absolute Gasteiger partial charge is 0.379 e. The van der Waals surface area contributed by atoms with Crippen LogP contribution in [0.3, 0.4) is 0 Å². The average molecular weight is 168 g/mol. The van der Waals surface area contributed by atoms with Crippen molar-refractivity contribution in [1.82, 2.24) is 0 Å². The summed E-state index contributed by atoms with van der Waals surface area (Å²) in [6, 6.07) is 0. The van der Waals surface area contributed by atoms with Crippen LogP contribution in [0.2, 0.25) is 0 Å². The lowest BCUT2D eigenvalue weighted by atomic mass is 10.7. The fraction of sp³-hybridized carbons (Fsp3) is 1.00. The van der Waals surface area contributed by atoms with Gasteiger partial charge in [0, 0.05) is 6.54 Å². The van der Waals surface area contributed by atoms with Gasteiger partial charge in [0.05, 0.1) is 19.0 Å². The van der Waals surface area contributed by atoms with E-state index in [9.17, 15) is 8.42 Å². The molecule has 6 heteroatoms. The van der Waals surface area contributed by atoms with Crippen molar-refractivity contribution in [2.45, 2.75) is 0 Å². The minimum Gasteiger partial charge on any atom is -0.379 e. The Morgan fingerprint density at radius 2 is 1.90 bits per heavy atom.